The molecule has 0 aromatic heterocycles. The second-order valence-corrected chi connectivity index (χ2v) is 7.59. The number of aliphatic carboxylic acids is 1. The van der Waals surface area contributed by atoms with E-state index in [2.05, 4.69) is 12.1 Å². The molecule has 23 heavy (non-hydrogen) atoms. The van der Waals surface area contributed by atoms with Crippen molar-refractivity contribution < 1.29 is 14.7 Å². The zero-order valence-electron chi connectivity index (χ0n) is 13.9. The maximum absolute atomic E-state index is 13.1. The van der Waals surface area contributed by atoms with E-state index in [1.165, 1.54) is 11.1 Å². The molecule has 1 aromatic rings. The summed E-state index contributed by atoms with van der Waals surface area (Å²) in [6.07, 6.45) is 3.18. The van der Waals surface area contributed by atoms with E-state index in [0.29, 0.717) is 19.5 Å². The smallest absolute Gasteiger partial charge is 0.308 e. The number of benzene rings is 1. The summed E-state index contributed by atoms with van der Waals surface area (Å²) in [5.74, 6) is -0.839. The quantitative estimate of drug-likeness (QED) is 0.913. The lowest BCUT2D eigenvalue weighted by molar-refractivity contribution is -0.151. The van der Waals surface area contributed by atoms with Gasteiger partial charge in [0.15, 0.2) is 0 Å². The fraction of sp³-hybridized carbons (Fsp3) is 0.579. The zero-order chi connectivity index (χ0) is 16.6. The number of hydrogen-bond acceptors (Lipinski definition) is 2. The molecular weight excluding hydrogens is 290 g/mol. The van der Waals surface area contributed by atoms with Crippen molar-refractivity contribution in [3.05, 3.63) is 35.4 Å². The van der Waals surface area contributed by atoms with E-state index < -0.39 is 17.3 Å². The molecule has 1 saturated heterocycles. The fourth-order valence-corrected chi connectivity index (χ4v) is 4.15. The number of amides is 1. The largest absolute Gasteiger partial charge is 0.481 e. The predicted octanol–water partition coefficient (Wildman–Crippen LogP) is 2.75. The summed E-state index contributed by atoms with van der Waals surface area (Å²) >= 11 is 0. The van der Waals surface area contributed by atoms with Crippen LogP contribution in [0.1, 0.15) is 37.8 Å². The van der Waals surface area contributed by atoms with Gasteiger partial charge in [-0.2, -0.15) is 0 Å². The molecule has 1 aliphatic heterocycles. The van der Waals surface area contributed by atoms with Gasteiger partial charge in [-0.25, -0.2) is 0 Å². The van der Waals surface area contributed by atoms with Crippen molar-refractivity contribution >= 4 is 11.9 Å². The Morgan fingerprint density at radius 1 is 1.22 bits per heavy atom. The van der Waals surface area contributed by atoms with Gasteiger partial charge in [-0.15, -0.1) is 0 Å². The third kappa shape index (κ3) is 3.12. The maximum Gasteiger partial charge on any atom is 0.308 e. The van der Waals surface area contributed by atoms with E-state index in [4.69, 9.17) is 0 Å². The number of rotatable bonds is 2. The van der Waals surface area contributed by atoms with Gasteiger partial charge >= 0.3 is 5.97 Å². The lowest BCUT2D eigenvalue weighted by Gasteiger charge is -2.42. The Morgan fingerprint density at radius 3 is 2.61 bits per heavy atom. The lowest BCUT2D eigenvalue weighted by atomic mass is 9.71. The number of likely N-dealkylation sites (tertiary alicyclic amines) is 1. The topological polar surface area (TPSA) is 57.6 Å². The molecule has 1 heterocycles. The number of hydrogen-bond donors (Lipinski definition) is 1. The normalized spacial score (nSPS) is 30.6. The highest BCUT2D eigenvalue weighted by Gasteiger charge is 2.42. The summed E-state index contributed by atoms with van der Waals surface area (Å²) in [6, 6.07) is 8.33. The molecule has 1 aliphatic carbocycles. The Morgan fingerprint density at radius 2 is 1.91 bits per heavy atom. The third-order valence-electron chi connectivity index (χ3n) is 5.46. The molecule has 2 aliphatic rings. The van der Waals surface area contributed by atoms with Crippen LogP contribution in [-0.2, 0) is 22.4 Å². The summed E-state index contributed by atoms with van der Waals surface area (Å²) in [5.41, 5.74) is 2.19. The minimum Gasteiger partial charge on any atom is -0.481 e. The molecule has 1 amide bonds. The first-order valence-electron chi connectivity index (χ1n) is 8.48. The highest BCUT2D eigenvalue weighted by Crippen LogP contribution is 2.38. The minimum absolute atomic E-state index is 0.129. The molecule has 0 radical (unpaired) electrons. The Kier molecular flexibility index (Phi) is 4.17. The molecule has 3 atom stereocenters. The van der Waals surface area contributed by atoms with Crippen LogP contribution in [0.5, 0.6) is 0 Å². The fourth-order valence-electron chi connectivity index (χ4n) is 4.15. The van der Waals surface area contributed by atoms with E-state index in [1.807, 2.05) is 26.0 Å². The number of carboxylic acid groups (broad SMARTS) is 1. The molecule has 0 spiro atoms. The Hall–Kier alpha value is -1.84. The van der Waals surface area contributed by atoms with Crippen molar-refractivity contribution in [3.63, 3.8) is 0 Å². The summed E-state index contributed by atoms with van der Waals surface area (Å²) in [7, 11) is 0. The summed E-state index contributed by atoms with van der Waals surface area (Å²) < 4.78 is 0. The maximum atomic E-state index is 13.1. The third-order valence-corrected chi connectivity index (χ3v) is 5.46. The molecule has 0 bridgehead atoms. The van der Waals surface area contributed by atoms with Gasteiger partial charge in [0, 0.05) is 13.1 Å². The van der Waals surface area contributed by atoms with E-state index in [0.717, 1.165) is 19.3 Å². The van der Waals surface area contributed by atoms with Crippen LogP contribution in [-0.4, -0.2) is 35.0 Å². The highest BCUT2D eigenvalue weighted by atomic mass is 16.4. The number of carbonyl (C=O) groups is 2. The van der Waals surface area contributed by atoms with Gasteiger partial charge in [0.25, 0.3) is 0 Å². The average molecular weight is 315 g/mol. The number of piperidine rings is 1. The van der Waals surface area contributed by atoms with Crippen LogP contribution in [0, 0.1) is 17.3 Å². The number of aryl methyl sites for hydroxylation is 1. The lowest BCUT2D eigenvalue weighted by Crippen LogP contribution is -2.52. The van der Waals surface area contributed by atoms with Gasteiger partial charge in [0.1, 0.15) is 0 Å². The van der Waals surface area contributed by atoms with Gasteiger partial charge in [0.2, 0.25) is 5.91 Å². The molecule has 0 saturated carbocycles. The van der Waals surface area contributed by atoms with Crippen LogP contribution in [0.3, 0.4) is 0 Å². The first-order valence-corrected chi connectivity index (χ1v) is 8.48. The van der Waals surface area contributed by atoms with Crippen LogP contribution in [0.15, 0.2) is 24.3 Å². The molecule has 1 N–H and O–H groups in total. The molecular formula is C19H25NO3. The summed E-state index contributed by atoms with van der Waals surface area (Å²) in [6.45, 7) is 5.11. The van der Waals surface area contributed by atoms with Crippen molar-refractivity contribution in [1.82, 2.24) is 4.90 Å². The molecule has 1 aromatic carbocycles. The summed E-state index contributed by atoms with van der Waals surface area (Å²) in [5, 5.41) is 9.32. The molecule has 124 valence electrons. The van der Waals surface area contributed by atoms with Gasteiger partial charge in [0.05, 0.1) is 11.3 Å². The van der Waals surface area contributed by atoms with E-state index in [1.54, 1.807) is 4.90 Å². The number of fused-ring (bicyclic) bond motifs is 1. The number of carboxylic acids is 1. The van der Waals surface area contributed by atoms with E-state index in [9.17, 15) is 14.7 Å². The summed E-state index contributed by atoms with van der Waals surface area (Å²) in [4.78, 5) is 26.3. The second kappa shape index (κ2) is 5.99. The molecule has 1 fully saturated rings. The standard InChI is InChI=1S/C19H25NO3/c1-13-9-16(17(21)22)12-20(11-13)18(23)19(2)8-7-14-5-3-4-6-15(14)10-19/h3-6,13,16H,7-12H2,1-2H3,(H,21,22). The van der Waals surface area contributed by atoms with Crippen molar-refractivity contribution in [1.29, 1.82) is 0 Å². The molecule has 3 rings (SSSR count). The van der Waals surface area contributed by atoms with Crippen molar-refractivity contribution in [2.75, 3.05) is 13.1 Å². The Bertz CT molecular complexity index is 627. The second-order valence-electron chi connectivity index (χ2n) is 7.59. The Balaban J connectivity index is 1.78. The van der Waals surface area contributed by atoms with Gasteiger partial charge in [-0.3, -0.25) is 9.59 Å². The van der Waals surface area contributed by atoms with Crippen molar-refractivity contribution in [2.45, 2.75) is 39.5 Å². The first kappa shape index (κ1) is 16.0. The number of nitrogens with zero attached hydrogens (tertiary/aromatic N) is 1. The zero-order valence-corrected chi connectivity index (χ0v) is 13.9. The minimum atomic E-state index is -0.784. The Labute approximate surface area is 137 Å². The van der Waals surface area contributed by atoms with Gasteiger partial charge in [-0.1, -0.05) is 38.1 Å². The van der Waals surface area contributed by atoms with Crippen molar-refractivity contribution in [3.8, 4) is 0 Å². The van der Waals surface area contributed by atoms with Crippen LogP contribution in [0.2, 0.25) is 0 Å². The van der Waals surface area contributed by atoms with Crippen molar-refractivity contribution in [2.24, 2.45) is 17.3 Å². The monoisotopic (exact) mass is 315 g/mol. The van der Waals surface area contributed by atoms with Crippen LogP contribution in [0.4, 0.5) is 0 Å². The molecule has 3 unspecified atom stereocenters. The highest BCUT2D eigenvalue weighted by molar-refractivity contribution is 5.84. The van der Waals surface area contributed by atoms with Crippen LogP contribution >= 0.6 is 0 Å². The average Bonchev–Trinajstić information content (AvgIpc) is 2.53. The molecule has 4 heteroatoms. The van der Waals surface area contributed by atoms with E-state index >= 15 is 0 Å². The van der Waals surface area contributed by atoms with Crippen LogP contribution < -0.4 is 0 Å². The molecule has 4 nitrogen and oxygen atoms in total. The van der Waals surface area contributed by atoms with Crippen LogP contribution in [0.25, 0.3) is 0 Å². The SMILES string of the molecule is CC1CC(C(=O)O)CN(C(=O)C2(C)CCc3ccccc3C2)C1. The van der Waals surface area contributed by atoms with Gasteiger partial charge in [-0.05, 0) is 42.7 Å². The van der Waals surface area contributed by atoms with Gasteiger partial charge < -0.3 is 10.0 Å². The first-order chi connectivity index (χ1) is 10.9. The predicted molar refractivity (Wildman–Crippen MR) is 88.1 cm³/mol. The van der Waals surface area contributed by atoms with E-state index in [-0.39, 0.29) is 11.8 Å². The number of carbonyl (C=O) groups excluding carboxylic acids is 1.